The molecule has 3 N–H and O–H groups in total. The number of hydrogen-bond acceptors (Lipinski definition) is 3. The molecule has 0 bridgehead atoms. The first kappa shape index (κ1) is 13.3. The third-order valence-electron chi connectivity index (χ3n) is 2.95. The van der Waals surface area contributed by atoms with Crippen molar-refractivity contribution < 1.29 is 4.42 Å². The normalized spacial score (nSPS) is 12.6. The highest BCUT2D eigenvalue weighted by molar-refractivity contribution is 9.10. The molecule has 3 nitrogen and oxygen atoms in total. The first-order valence-electron chi connectivity index (χ1n) is 6.04. The summed E-state index contributed by atoms with van der Waals surface area (Å²) in [5.41, 5.74) is 6.32. The SMILES string of the molecule is CCCc1cccc(C(NN)c2ccoc2Br)c1. The first-order chi connectivity index (χ1) is 8.76. The molecule has 1 heterocycles. The average molecular weight is 309 g/mol. The first-order valence-corrected chi connectivity index (χ1v) is 6.83. The van der Waals surface area contributed by atoms with E-state index in [0.717, 1.165) is 24.0 Å². The smallest absolute Gasteiger partial charge is 0.174 e. The number of benzene rings is 1. The Morgan fingerprint density at radius 1 is 1.39 bits per heavy atom. The molecular weight excluding hydrogens is 292 g/mol. The molecule has 0 aliphatic rings. The molecular formula is C14H17BrN2O. The maximum atomic E-state index is 5.68. The Kier molecular flexibility index (Phi) is 4.58. The molecule has 18 heavy (non-hydrogen) atoms. The van der Waals surface area contributed by atoms with Crippen molar-refractivity contribution in [3.8, 4) is 0 Å². The van der Waals surface area contributed by atoms with E-state index in [9.17, 15) is 0 Å². The van der Waals surface area contributed by atoms with Crippen LogP contribution in [0.2, 0.25) is 0 Å². The summed E-state index contributed by atoms with van der Waals surface area (Å²) >= 11 is 3.39. The van der Waals surface area contributed by atoms with Crippen molar-refractivity contribution in [3.05, 3.63) is 58.0 Å². The average Bonchev–Trinajstić information content (AvgIpc) is 2.78. The summed E-state index contributed by atoms with van der Waals surface area (Å²) in [6.07, 6.45) is 3.87. The molecule has 0 spiro atoms. The zero-order chi connectivity index (χ0) is 13.0. The number of furan rings is 1. The highest BCUT2D eigenvalue weighted by atomic mass is 79.9. The second-order valence-corrected chi connectivity index (χ2v) is 4.96. The molecule has 0 saturated carbocycles. The fraction of sp³-hybridized carbons (Fsp3) is 0.286. The van der Waals surface area contributed by atoms with Gasteiger partial charge in [-0.15, -0.1) is 0 Å². The lowest BCUT2D eigenvalue weighted by Gasteiger charge is -2.16. The van der Waals surface area contributed by atoms with Crippen LogP contribution in [0, 0.1) is 0 Å². The van der Waals surface area contributed by atoms with E-state index >= 15 is 0 Å². The van der Waals surface area contributed by atoms with E-state index in [1.54, 1.807) is 6.26 Å². The Bertz CT molecular complexity index is 510. The van der Waals surface area contributed by atoms with Gasteiger partial charge in [-0.1, -0.05) is 37.6 Å². The summed E-state index contributed by atoms with van der Waals surface area (Å²) in [7, 11) is 0. The van der Waals surface area contributed by atoms with E-state index in [0.29, 0.717) is 4.67 Å². The molecule has 4 heteroatoms. The van der Waals surface area contributed by atoms with Gasteiger partial charge in [-0.2, -0.15) is 0 Å². The highest BCUT2D eigenvalue weighted by Crippen LogP contribution is 2.29. The number of hydrogen-bond donors (Lipinski definition) is 2. The van der Waals surface area contributed by atoms with Crippen molar-refractivity contribution >= 4 is 15.9 Å². The van der Waals surface area contributed by atoms with Gasteiger partial charge in [-0.05, 0) is 39.5 Å². The summed E-state index contributed by atoms with van der Waals surface area (Å²) in [6, 6.07) is 10.3. The summed E-state index contributed by atoms with van der Waals surface area (Å²) < 4.78 is 5.98. The van der Waals surface area contributed by atoms with Crippen LogP contribution in [-0.2, 0) is 6.42 Å². The highest BCUT2D eigenvalue weighted by Gasteiger charge is 2.17. The van der Waals surface area contributed by atoms with Crippen molar-refractivity contribution in [2.75, 3.05) is 0 Å². The molecule has 0 amide bonds. The van der Waals surface area contributed by atoms with Crippen LogP contribution in [0.4, 0.5) is 0 Å². The van der Waals surface area contributed by atoms with E-state index in [1.807, 2.05) is 6.07 Å². The molecule has 0 radical (unpaired) electrons. The van der Waals surface area contributed by atoms with Crippen molar-refractivity contribution in [2.24, 2.45) is 5.84 Å². The van der Waals surface area contributed by atoms with E-state index in [-0.39, 0.29) is 6.04 Å². The maximum absolute atomic E-state index is 5.68. The molecule has 1 aromatic heterocycles. The van der Waals surface area contributed by atoms with E-state index in [2.05, 4.69) is 52.5 Å². The van der Waals surface area contributed by atoms with Gasteiger partial charge in [0.2, 0.25) is 0 Å². The van der Waals surface area contributed by atoms with Crippen molar-refractivity contribution in [2.45, 2.75) is 25.8 Å². The number of rotatable bonds is 5. The van der Waals surface area contributed by atoms with Crippen LogP contribution in [0.25, 0.3) is 0 Å². The third-order valence-corrected chi connectivity index (χ3v) is 3.59. The maximum Gasteiger partial charge on any atom is 0.174 e. The Morgan fingerprint density at radius 3 is 2.83 bits per heavy atom. The van der Waals surface area contributed by atoms with E-state index < -0.39 is 0 Å². The van der Waals surface area contributed by atoms with Crippen molar-refractivity contribution in [1.29, 1.82) is 0 Å². The fourth-order valence-electron chi connectivity index (χ4n) is 2.09. The van der Waals surface area contributed by atoms with Crippen LogP contribution < -0.4 is 11.3 Å². The Balaban J connectivity index is 2.33. The molecule has 2 rings (SSSR count). The predicted octanol–water partition coefficient (Wildman–Crippen LogP) is 3.55. The Labute approximate surface area is 115 Å². The van der Waals surface area contributed by atoms with Gasteiger partial charge in [-0.3, -0.25) is 5.84 Å². The summed E-state index contributed by atoms with van der Waals surface area (Å²) in [4.78, 5) is 0. The molecule has 1 aromatic carbocycles. The number of nitrogens with two attached hydrogens (primary N) is 1. The lowest BCUT2D eigenvalue weighted by molar-refractivity contribution is 0.526. The summed E-state index contributed by atoms with van der Waals surface area (Å²) in [5.74, 6) is 5.68. The minimum absolute atomic E-state index is 0.0602. The summed E-state index contributed by atoms with van der Waals surface area (Å²) in [5, 5.41) is 0. The zero-order valence-electron chi connectivity index (χ0n) is 10.3. The van der Waals surface area contributed by atoms with Gasteiger partial charge in [0.15, 0.2) is 4.67 Å². The van der Waals surface area contributed by atoms with Crippen molar-refractivity contribution in [3.63, 3.8) is 0 Å². The van der Waals surface area contributed by atoms with Crippen LogP contribution in [0.5, 0.6) is 0 Å². The van der Waals surface area contributed by atoms with E-state index in [4.69, 9.17) is 10.3 Å². The van der Waals surface area contributed by atoms with Crippen LogP contribution in [0.15, 0.2) is 45.7 Å². The van der Waals surface area contributed by atoms with Gasteiger partial charge in [0.1, 0.15) is 0 Å². The minimum Gasteiger partial charge on any atom is -0.457 e. The Hall–Kier alpha value is -1.10. The molecule has 96 valence electrons. The molecule has 0 fully saturated rings. The van der Waals surface area contributed by atoms with Crippen LogP contribution >= 0.6 is 15.9 Å². The standard InChI is InChI=1S/C14H17BrN2O/c1-2-4-10-5-3-6-11(9-10)13(17-16)12-7-8-18-14(12)15/h3,5-9,13,17H,2,4,16H2,1H3. The molecule has 0 saturated heterocycles. The number of nitrogens with one attached hydrogen (secondary N) is 1. The lowest BCUT2D eigenvalue weighted by Crippen LogP contribution is -2.28. The fourth-order valence-corrected chi connectivity index (χ4v) is 2.56. The van der Waals surface area contributed by atoms with Crippen LogP contribution in [-0.4, -0.2) is 0 Å². The molecule has 0 aliphatic heterocycles. The zero-order valence-corrected chi connectivity index (χ0v) is 11.9. The van der Waals surface area contributed by atoms with Gasteiger partial charge < -0.3 is 4.42 Å². The quantitative estimate of drug-likeness (QED) is 0.656. The molecule has 1 unspecified atom stereocenters. The molecule has 0 aliphatic carbocycles. The van der Waals surface area contributed by atoms with Gasteiger partial charge >= 0.3 is 0 Å². The second kappa shape index (κ2) is 6.18. The van der Waals surface area contributed by atoms with Gasteiger partial charge in [0.05, 0.1) is 12.3 Å². The lowest BCUT2D eigenvalue weighted by atomic mass is 9.98. The van der Waals surface area contributed by atoms with Crippen LogP contribution in [0.1, 0.15) is 36.1 Å². The molecule has 1 atom stereocenters. The van der Waals surface area contributed by atoms with Crippen LogP contribution in [0.3, 0.4) is 0 Å². The Morgan fingerprint density at radius 2 is 2.22 bits per heavy atom. The number of hydrazine groups is 1. The minimum atomic E-state index is -0.0602. The third kappa shape index (κ3) is 2.83. The van der Waals surface area contributed by atoms with Crippen molar-refractivity contribution in [1.82, 2.24) is 5.43 Å². The number of aryl methyl sites for hydroxylation is 1. The number of halogens is 1. The van der Waals surface area contributed by atoms with Gasteiger partial charge in [0, 0.05) is 5.56 Å². The van der Waals surface area contributed by atoms with Gasteiger partial charge in [-0.25, -0.2) is 5.43 Å². The largest absolute Gasteiger partial charge is 0.457 e. The molecule has 2 aromatic rings. The second-order valence-electron chi connectivity index (χ2n) is 4.24. The predicted molar refractivity (Wildman–Crippen MR) is 76.0 cm³/mol. The monoisotopic (exact) mass is 308 g/mol. The summed E-state index contributed by atoms with van der Waals surface area (Å²) in [6.45, 7) is 2.18. The van der Waals surface area contributed by atoms with Gasteiger partial charge in [0.25, 0.3) is 0 Å². The van der Waals surface area contributed by atoms with E-state index in [1.165, 1.54) is 5.56 Å². The topological polar surface area (TPSA) is 51.2 Å².